The van der Waals surface area contributed by atoms with Gasteiger partial charge in [-0.3, -0.25) is 0 Å². The molecule has 2 heteroatoms. The highest BCUT2D eigenvalue weighted by Crippen LogP contribution is 2.15. The van der Waals surface area contributed by atoms with Crippen LogP contribution in [0.5, 0.6) is 0 Å². The Hall–Kier alpha value is -1.70. The molecule has 0 N–H and O–H groups in total. The van der Waals surface area contributed by atoms with E-state index in [9.17, 15) is 8.78 Å². The minimum absolute atomic E-state index is 0.479. The lowest BCUT2D eigenvalue weighted by Gasteiger charge is -2.05. The van der Waals surface area contributed by atoms with Crippen LogP contribution in [0.1, 0.15) is 30.0 Å². The van der Waals surface area contributed by atoms with Crippen molar-refractivity contribution in [2.24, 2.45) is 0 Å². The van der Waals surface area contributed by atoms with E-state index in [0.717, 1.165) is 24.5 Å². The Balaban J connectivity index is 2.13. The molecule has 0 saturated heterocycles. The van der Waals surface area contributed by atoms with Crippen molar-refractivity contribution in [3.8, 4) is 0 Å². The second-order valence-corrected chi connectivity index (χ2v) is 4.48. The highest BCUT2D eigenvalue weighted by molar-refractivity contribution is 5.29. The van der Waals surface area contributed by atoms with Crippen molar-refractivity contribution in [3.63, 3.8) is 0 Å². The molecule has 0 saturated carbocycles. The molecule has 0 heterocycles. The maximum atomic E-state index is 13.5. The van der Waals surface area contributed by atoms with Gasteiger partial charge in [0.15, 0.2) is 0 Å². The van der Waals surface area contributed by atoms with E-state index in [1.807, 2.05) is 12.1 Å². The molecular formula is C16H16F2. The molecule has 0 unspecified atom stereocenters. The third-order valence-corrected chi connectivity index (χ3v) is 2.97. The van der Waals surface area contributed by atoms with Crippen molar-refractivity contribution < 1.29 is 8.78 Å². The monoisotopic (exact) mass is 246 g/mol. The van der Waals surface area contributed by atoms with Crippen LogP contribution in [0.25, 0.3) is 0 Å². The lowest BCUT2D eigenvalue weighted by atomic mass is 10.0. The second-order valence-electron chi connectivity index (χ2n) is 4.48. The van der Waals surface area contributed by atoms with E-state index in [4.69, 9.17) is 0 Å². The van der Waals surface area contributed by atoms with Gasteiger partial charge in [-0.15, -0.1) is 0 Å². The maximum absolute atomic E-state index is 13.5. The first-order valence-corrected chi connectivity index (χ1v) is 6.21. The molecule has 94 valence electrons. The summed E-state index contributed by atoms with van der Waals surface area (Å²) in [5.74, 6) is -1.01. The molecule has 0 aromatic heterocycles. The van der Waals surface area contributed by atoms with Gasteiger partial charge in [0, 0.05) is 12.5 Å². The van der Waals surface area contributed by atoms with Gasteiger partial charge in [0.1, 0.15) is 11.6 Å². The number of aryl methyl sites for hydroxylation is 1. The van der Waals surface area contributed by atoms with E-state index in [1.54, 1.807) is 0 Å². The molecule has 0 fully saturated rings. The van der Waals surface area contributed by atoms with E-state index in [2.05, 4.69) is 19.1 Å². The van der Waals surface area contributed by atoms with Gasteiger partial charge in [-0.25, -0.2) is 8.78 Å². The molecule has 0 aliphatic heterocycles. The maximum Gasteiger partial charge on any atom is 0.129 e. The Morgan fingerprint density at radius 1 is 0.889 bits per heavy atom. The van der Waals surface area contributed by atoms with E-state index in [0.29, 0.717) is 12.0 Å². The first kappa shape index (κ1) is 12.7. The summed E-state index contributed by atoms with van der Waals surface area (Å²) in [5, 5.41) is 0. The van der Waals surface area contributed by atoms with Crippen molar-refractivity contribution in [1.82, 2.24) is 0 Å². The highest BCUT2D eigenvalue weighted by Gasteiger charge is 2.04. The van der Waals surface area contributed by atoms with Gasteiger partial charge in [-0.1, -0.05) is 43.7 Å². The Morgan fingerprint density at radius 2 is 1.56 bits per heavy atom. The third-order valence-electron chi connectivity index (χ3n) is 2.97. The average molecular weight is 246 g/mol. The van der Waals surface area contributed by atoms with Crippen molar-refractivity contribution in [1.29, 1.82) is 0 Å². The van der Waals surface area contributed by atoms with Gasteiger partial charge in [0.2, 0.25) is 0 Å². The first-order valence-electron chi connectivity index (χ1n) is 6.21. The third kappa shape index (κ3) is 3.16. The van der Waals surface area contributed by atoms with Crippen LogP contribution in [-0.2, 0) is 12.8 Å². The fourth-order valence-corrected chi connectivity index (χ4v) is 2.00. The van der Waals surface area contributed by atoms with E-state index in [-0.39, 0.29) is 0 Å². The van der Waals surface area contributed by atoms with Gasteiger partial charge in [-0.05, 0) is 29.2 Å². The van der Waals surface area contributed by atoms with Crippen molar-refractivity contribution in [2.45, 2.75) is 26.2 Å². The zero-order valence-corrected chi connectivity index (χ0v) is 10.4. The van der Waals surface area contributed by atoms with E-state index >= 15 is 0 Å². The van der Waals surface area contributed by atoms with Crippen LogP contribution in [0.15, 0.2) is 42.5 Å². The van der Waals surface area contributed by atoms with Crippen LogP contribution < -0.4 is 0 Å². The number of rotatable bonds is 4. The average Bonchev–Trinajstić information content (AvgIpc) is 2.35. The van der Waals surface area contributed by atoms with Crippen molar-refractivity contribution in [3.05, 3.63) is 70.8 Å². The molecule has 0 aliphatic rings. The number of hydrogen-bond acceptors (Lipinski definition) is 0. The van der Waals surface area contributed by atoms with Gasteiger partial charge >= 0.3 is 0 Å². The smallest absolute Gasteiger partial charge is 0.129 e. The number of hydrogen-bond donors (Lipinski definition) is 0. The van der Waals surface area contributed by atoms with Crippen LogP contribution in [0.2, 0.25) is 0 Å². The van der Waals surface area contributed by atoms with Crippen LogP contribution in [0, 0.1) is 11.6 Å². The molecule has 0 nitrogen and oxygen atoms in total. The molecule has 0 atom stereocenters. The fraction of sp³-hybridized carbons (Fsp3) is 0.250. The quantitative estimate of drug-likeness (QED) is 0.744. The van der Waals surface area contributed by atoms with E-state index < -0.39 is 11.6 Å². The molecule has 2 rings (SSSR count). The number of halogens is 2. The Morgan fingerprint density at radius 3 is 2.17 bits per heavy atom. The largest absolute Gasteiger partial charge is 0.207 e. The normalized spacial score (nSPS) is 10.6. The van der Waals surface area contributed by atoms with Crippen LogP contribution in [0.4, 0.5) is 8.78 Å². The summed E-state index contributed by atoms with van der Waals surface area (Å²) in [6, 6.07) is 11.9. The zero-order chi connectivity index (χ0) is 13.0. The van der Waals surface area contributed by atoms with Crippen LogP contribution in [0.3, 0.4) is 0 Å². The predicted octanol–water partition coefficient (Wildman–Crippen LogP) is 4.51. The molecule has 0 bridgehead atoms. The predicted molar refractivity (Wildman–Crippen MR) is 69.6 cm³/mol. The lowest BCUT2D eigenvalue weighted by molar-refractivity contribution is 0.574. The van der Waals surface area contributed by atoms with Crippen molar-refractivity contribution >= 4 is 0 Å². The van der Waals surface area contributed by atoms with Gasteiger partial charge in [-0.2, -0.15) is 0 Å². The van der Waals surface area contributed by atoms with Gasteiger partial charge < -0.3 is 0 Å². The molecule has 2 aromatic rings. The molecule has 0 amide bonds. The Labute approximate surface area is 106 Å². The molecular weight excluding hydrogens is 230 g/mol. The minimum atomic E-state index is -0.533. The topological polar surface area (TPSA) is 0 Å². The summed E-state index contributed by atoms with van der Waals surface area (Å²) in [6.45, 7) is 2.14. The summed E-state index contributed by atoms with van der Waals surface area (Å²) in [7, 11) is 0. The Kier molecular flexibility index (Phi) is 4.08. The molecule has 2 aromatic carbocycles. The summed E-state index contributed by atoms with van der Waals surface area (Å²) < 4.78 is 26.3. The Bertz CT molecular complexity index is 515. The standard InChI is InChI=1S/C16H16F2/c1-2-3-12-4-6-13(7-5-12)10-14-8-9-15(17)11-16(14)18/h4-9,11H,2-3,10H2,1H3. The second kappa shape index (κ2) is 5.76. The summed E-state index contributed by atoms with van der Waals surface area (Å²) >= 11 is 0. The van der Waals surface area contributed by atoms with Crippen molar-refractivity contribution in [2.75, 3.05) is 0 Å². The van der Waals surface area contributed by atoms with Gasteiger partial charge in [0.05, 0.1) is 0 Å². The summed E-state index contributed by atoms with van der Waals surface area (Å²) in [4.78, 5) is 0. The number of benzene rings is 2. The SMILES string of the molecule is CCCc1ccc(Cc2ccc(F)cc2F)cc1. The minimum Gasteiger partial charge on any atom is -0.207 e. The molecule has 0 spiro atoms. The zero-order valence-electron chi connectivity index (χ0n) is 10.4. The van der Waals surface area contributed by atoms with Gasteiger partial charge in [0.25, 0.3) is 0 Å². The van der Waals surface area contributed by atoms with Crippen LogP contribution >= 0.6 is 0 Å². The lowest BCUT2D eigenvalue weighted by Crippen LogP contribution is -1.94. The molecule has 18 heavy (non-hydrogen) atoms. The summed E-state index contributed by atoms with van der Waals surface area (Å²) in [5.41, 5.74) is 2.86. The first-order chi connectivity index (χ1) is 8.69. The summed E-state index contributed by atoms with van der Waals surface area (Å²) in [6.07, 6.45) is 2.68. The highest BCUT2D eigenvalue weighted by atomic mass is 19.1. The fourth-order valence-electron chi connectivity index (χ4n) is 2.00. The van der Waals surface area contributed by atoms with Crippen LogP contribution in [-0.4, -0.2) is 0 Å². The molecule has 0 radical (unpaired) electrons. The van der Waals surface area contributed by atoms with E-state index in [1.165, 1.54) is 17.7 Å². The molecule has 0 aliphatic carbocycles.